The number of benzene rings is 2. The molecule has 7 nitrogen and oxygen atoms in total. The van der Waals surface area contributed by atoms with Gasteiger partial charge in [0, 0.05) is 17.8 Å². The highest BCUT2D eigenvalue weighted by Crippen LogP contribution is 2.20. The Morgan fingerprint density at radius 2 is 1.86 bits per heavy atom. The number of fused-ring (bicyclic) bond motifs is 1. The fourth-order valence-electron chi connectivity index (χ4n) is 2.89. The SMILES string of the molecule is O=c1c(=CC=Cc2ccccc2)sc2n1CN(c1ccc([N+](=O)[O-])cc1)CN=2. The summed E-state index contributed by atoms with van der Waals surface area (Å²) >= 11 is 1.36. The molecular formula is C20H16N4O3S. The molecule has 8 heteroatoms. The smallest absolute Gasteiger partial charge is 0.271 e. The first kappa shape index (κ1) is 17.9. The molecule has 28 heavy (non-hydrogen) atoms. The van der Waals surface area contributed by atoms with E-state index in [1.54, 1.807) is 22.8 Å². The Kier molecular flexibility index (Phi) is 4.86. The van der Waals surface area contributed by atoms with Gasteiger partial charge in [-0.2, -0.15) is 0 Å². The number of aromatic nitrogens is 1. The summed E-state index contributed by atoms with van der Waals surface area (Å²) in [7, 11) is 0. The first-order valence-corrected chi connectivity index (χ1v) is 9.40. The zero-order chi connectivity index (χ0) is 19.5. The zero-order valence-corrected chi connectivity index (χ0v) is 15.6. The van der Waals surface area contributed by atoms with Crippen LogP contribution in [0.5, 0.6) is 0 Å². The van der Waals surface area contributed by atoms with E-state index in [0.29, 0.717) is 22.7 Å². The Bertz CT molecular complexity index is 1210. The lowest BCUT2D eigenvalue weighted by Crippen LogP contribution is -2.42. The largest absolute Gasteiger partial charge is 0.334 e. The van der Waals surface area contributed by atoms with Crippen LogP contribution in [0.3, 0.4) is 0 Å². The lowest BCUT2D eigenvalue weighted by atomic mass is 10.2. The van der Waals surface area contributed by atoms with Crippen molar-refractivity contribution in [2.24, 2.45) is 4.99 Å². The van der Waals surface area contributed by atoms with Crippen LogP contribution in [0.2, 0.25) is 0 Å². The molecule has 140 valence electrons. The summed E-state index contributed by atoms with van der Waals surface area (Å²) in [6.45, 7) is 0.763. The predicted molar refractivity (Wildman–Crippen MR) is 110 cm³/mol. The summed E-state index contributed by atoms with van der Waals surface area (Å²) in [4.78, 5) is 30.1. The van der Waals surface area contributed by atoms with Crippen molar-refractivity contribution in [1.29, 1.82) is 0 Å². The Morgan fingerprint density at radius 3 is 2.57 bits per heavy atom. The van der Waals surface area contributed by atoms with Crippen molar-refractivity contribution in [1.82, 2.24) is 4.57 Å². The molecule has 4 rings (SSSR count). The van der Waals surface area contributed by atoms with Crippen molar-refractivity contribution < 1.29 is 4.92 Å². The summed E-state index contributed by atoms with van der Waals surface area (Å²) in [5.41, 5.74) is 1.79. The number of rotatable bonds is 4. The van der Waals surface area contributed by atoms with Crippen molar-refractivity contribution in [2.45, 2.75) is 6.67 Å². The van der Waals surface area contributed by atoms with Gasteiger partial charge in [-0.1, -0.05) is 53.8 Å². The van der Waals surface area contributed by atoms with E-state index in [-0.39, 0.29) is 11.2 Å². The highest BCUT2D eigenvalue weighted by atomic mass is 32.1. The van der Waals surface area contributed by atoms with Crippen LogP contribution in [0.15, 0.2) is 70.5 Å². The van der Waals surface area contributed by atoms with Crippen LogP contribution < -0.4 is 19.8 Å². The van der Waals surface area contributed by atoms with Gasteiger partial charge in [-0.25, -0.2) is 4.99 Å². The number of hydrogen-bond donors (Lipinski definition) is 0. The molecule has 0 saturated heterocycles. The lowest BCUT2D eigenvalue weighted by Gasteiger charge is -2.25. The number of nitrogens with zero attached hydrogens (tertiary/aromatic N) is 4. The van der Waals surface area contributed by atoms with Crippen LogP contribution in [0.4, 0.5) is 11.4 Å². The van der Waals surface area contributed by atoms with E-state index in [0.717, 1.165) is 11.3 Å². The number of non-ortho nitro benzene ring substituents is 1. The monoisotopic (exact) mass is 392 g/mol. The molecule has 0 amide bonds. The van der Waals surface area contributed by atoms with Crippen molar-refractivity contribution in [3.05, 3.63) is 96.0 Å². The van der Waals surface area contributed by atoms with Crippen molar-refractivity contribution in [3.63, 3.8) is 0 Å². The van der Waals surface area contributed by atoms with Gasteiger partial charge >= 0.3 is 0 Å². The fourth-order valence-corrected chi connectivity index (χ4v) is 3.80. The lowest BCUT2D eigenvalue weighted by molar-refractivity contribution is -0.384. The van der Waals surface area contributed by atoms with Gasteiger partial charge in [-0.15, -0.1) is 0 Å². The number of nitro benzene ring substituents is 1. The normalized spacial score (nSPS) is 14.1. The van der Waals surface area contributed by atoms with Crippen LogP contribution in [-0.4, -0.2) is 16.2 Å². The average molecular weight is 392 g/mol. The van der Waals surface area contributed by atoms with E-state index in [4.69, 9.17) is 0 Å². The molecule has 0 radical (unpaired) electrons. The molecule has 3 aromatic rings. The van der Waals surface area contributed by atoms with E-state index < -0.39 is 4.92 Å². The zero-order valence-electron chi connectivity index (χ0n) is 14.8. The second-order valence-electron chi connectivity index (χ2n) is 6.17. The average Bonchev–Trinajstić information content (AvgIpc) is 3.04. The molecular weight excluding hydrogens is 376 g/mol. The van der Waals surface area contributed by atoms with Crippen LogP contribution in [-0.2, 0) is 6.67 Å². The van der Waals surface area contributed by atoms with Crippen LogP contribution in [0.25, 0.3) is 12.2 Å². The van der Waals surface area contributed by atoms with E-state index in [9.17, 15) is 14.9 Å². The Balaban J connectivity index is 1.58. The maximum atomic E-state index is 12.7. The molecule has 0 N–H and O–H groups in total. The third-order valence-electron chi connectivity index (χ3n) is 4.34. The molecule has 1 aromatic heterocycles. The molecule has 0 bridgehead atoms. The van der Waals surface area contributed by atoms with Gasteiger partial charge in [0.05, 0.1) is 9.46 Å². The van der Waals surface area contributed by atoms with Gasteiger partial charge in [0.1, 0.15) is 13.3 Å². The van der Waals surface area contributed by atoms with Gasteiger partial charge in [0.15, 0.2) is 4.80 Å². The third-order valence-corrected chi connectivity index (χ3v) is 5.40. The van der Waals surface area contributed by atoms with E-state index in [1.165, 1.54) is 23.5 Å². The van der Waals surface area contributed by atoms with Gasteiger partial charge in [-0.3, -0.25) is 19.5 Å². The van der Waals surface area contributed by atoms with Crippen molar-refractivity contribution in [2.75, 3.05) is 11.6 Å². The van der Waals surface area contributed by atoms with Gasteiger partial charge in [0.2, 0.25) is 0 Å². The molecule has 0 fully saturated rings. The van der Waals surface area contributed by atoms with Gasteiger partial charge in [-0.05, 0) is 23.8 Å². The molecule has 1 aliphatic heterocycles. The summed E-state index contributed by atoms with van der Waals surface area (Å²) in [6, 6.07) is 16.1. The van der Waals surface area contributed by atoms with Gasteiger partial charge in [0.25, 0.3) is 11.2 Å². The summed E-state index contributed by atoms with van der Waals surface area (Å²) in [5, 5.41) is 10.8. The van der Waals surface area contributed by atoms with E-state index in [1.807, 2.05) is 47.4 Å². The Labute approximate surface area is 164 Å². The number of anilines is 1. The Hall–Kier alpha value is -3.52. The van der Waals surface area contributed by atoms with E-state index in [2.05, 4.69) is 4.99 Å². The number of hydrogen-bond acceptors (Lipinski definition) is 6. The summed E-state index contributed by atoms with van der Waals surface area (Å²) in [5.74, 6) is 0. The first-order chi connectivity index (χ1) is 13.6. The molecule has 0 unspecified atom stereocenters. The third kappa shape index (κ3) is 3.63. The molecule has 2 heterocycles. The number of allylic oxidation sites excluding steroid dienone is 1. The number of thiazole rings is 1. The standard InChI is InChI=1S/C20H16N4O3S/c25-19-18(8-4-7-15-5-2-1-3-6-15)28-20-21-13-22(14-23(19)20)16-9-11-17(12-10-16)24(26)27/h1-12H,13-14H2. The van der Waals surface area contributed by atoms with Crippen molar-refractivity contribution in [3.8, 4) is 0 Å². The molecule has 0 aliphatic carbocycles. The first-order valence-electron chi connectivity index (χ1n) is 8.59. The molecule has 0 spiro atoms. The second-order valence-corrected chi connectivity index (χ2v) is 7.18. The summed E-state index contributed by atoms with van der Waals surface area (Å²) in [6.07, 6.45) is 5.61. The van der Waals surface area contributed by atoms with Gasteiger partial charge < -0.3 is 4.90 Å². The summed E-state index contributed by atoms with van der Waals surface area (Å²) < 4.78 is 2.24. The second kappa shape index (κ2) is 7.61. The minimum atomic E-state index is -0.434. The predicted octanol–water partition coefficient (Wildman–Crippen LogP) is 2.37. The van der Waals surface area contributed by atoms with Crippen molar-refractivity contribution >= 4 is 34.9 Å². The molecule has 1 aliphatic rings. The maximum absolute atomic E-state index is 12.7. The maximum Gasteiger partial charge on any atom is 0.271 e. The van der Waals surface area contributed by atoms with Crippen LogP contribution in [0, 0.1) is 10.1 Å². The fraction of sp³-hybridized carbons (Fsp3) is 0.100. The molecule has 0 saturated carbocycles. The minimum Gasteiger partial charge on any atom is -0.334 e. The quantitative estimate of drug-likeness (QED) is 0.504. The minimum absolute atomic E-state index is 0.0353. The van der Waals surface area contributed by atoms with E-state index >= 15 is 0 Å². The number of nitro groups is 1. The Morgan fingerprint density at radius 1 is 1.11 bits per heavy atom. The molecule has 0 atom stereocenters. The highest BCUT2D eigenvalue weighted by molar-refractivity contribution is 7.07. The molecule has 2 aromatic carbocycles. The topological polar surface area (TPSA) is 80.7 Å². The van der Waals surface area contributed by atoms with Crippen LogP contribution >= 0.6 is 11.3 Å². The highest BCUT2D eigenvalue weighted by Gasteiger charge is 2.16. The van der Waals surface area contributed by atoms with Crippen LogP contribution in [0.1, 0.15) is 5.56 Å².